The maximum atomic E-state index is 2.55. The van der Waals surface area contributed by atoms with Crippen LogP contribution in [0.5, 0.6) is 0 Å². The van der Waals surface area contributed by atoms with Crippen molar-refractivity contribution in [1.82, 2.24) is 0 Å². The predicted molar refractivity (Wildman–Crippen MR) is 71.3 cm³/mol. The normalized spacial score (nSPS) is 46.9. The van der Waals surface area contributed by atoms with Gasteiger partial charge in [0.05, 0.1) is 0 Å². The van der Waals surface area contributed by atoms with Gasteiger partial charge >= 0.3 is 0 Å². The molecule has 0 aromatic rings. The topological polar surface area (TPSA) is 0 Å². The van der Waals surface area contributed by atoms with Gasteiger partial charge in [-0.1, -0.05) is 45.8 Å². The van der Waals surface area contributed by atoms with E-state index in [0.29, 0.717) is 5.41 Å². The smallest absolute Gasteiger partial charge is 0.0235 e. The molecule has 0 heteroatoms. The zero-order valence-corrected chi connectivity index (χ0v) is 11.7. The van der Waals surface area contributed by atoms with Crippen LogP contribution in [0.4, 0.5) is 0 Å². The van der Waals surface area contributed by atoms with Crippen molar-refractivity contribution in [1.29, 1.82) is 0 Å². The quantitative estimate of drug-likeness (QED) is 0.569. The first-order chi connectivity index (χ1) is 7.55. The van der Waals surface area contributed by atoms with Gasteiger partial charge in [-0.2, -0.15) is 0 Å². The molecule has 5 atom stereocenters. The second kappa shape index (κ2) is 4.20. The van der Waals surface area contributed by atoms with Crippen LogP contribution in [0.2, 0.25) is 0 Å². The summed E-state index contributed by atoms with van der Waals surface area (Å²) in [6.45, 7) is 11.9. The zero-order chi connectivity index (χ0) is 11.9. The third-order valence-electron chi connectivity index (χ3n) is 5.57. The Balaban J connectivity index is 1.86. The molecule has 0 bridgehead atoms. The molecule has 0 nitrogen and oxygen atoms in total. The van der Waals surface area contributed by atoms with Gasteiger partial charge in [-0.15, -0.1) is 0 Å². The summed E-state index contributed by atoms with van der Waals surface area (Å²) in [6, 6.07) is 0. The Morgan fingerprint density at radius 2 is 2.06 bits per heavy atom. The van der Waals surface area contributed by atoms with Crippen molar-refractivity contribution in [3.63, 3.8) is 0 Å². The second-order valence-electron chi connectivity index (χ2n) is 6.43. The average molecular weight is 220 g/mol. The Morgan fingerprint density at radius 3 is 2.56 bits per heavy atom. The fourth-order valence-corrected chi connectivity index (χ4v) is 4.35. The summed E-state index contributed by atoms with van der Waals surface area (Å²) in [6.07, 6.45) is 7.88. The van der Waals surface area contributed by atoms with E-state index in [1.165, 1.54) is 25.7 Å². The maximum Gasteiger partial charge on any atom is -0.0235 e. The van der Waals surface area contributed by atoms with Crippen molar-refractivity contribution in [2.45, 2.75) is 60.3 Å². The van der Waals surface area contributed by atoms with Crippen molar-refractivity contribution in [2.75, 3.05) is 0 Å². The lowest BCUT2D eigenvalue weighted by Gasteiger charge is -2.11. The summed E-state index contributed by atoms with van der Waals surface area (Å²) in [5.74, 6) is 4.08. The monoisotopic (exact) mass is 220 g/mol. The van der Waals surface area contributed by atoms with Crippen LogP contribution < -0.4 is 0 Å². The summed E-state index contributed by atoms with van der Waals surface area (Å²) in [5.41, 5.74) is 2.34. The molecule has 0 aromatic heterocycles. The standard InChI is InChI=1S/C16H28/c1-6-8-11(3)9-13-10-15(13)16(5)12(4)14(16)7-2/h8,12-15H,6-7,9-10H2,1-5H3. The van der Waals surface area contributed by atoms with E-state index in [4.69, 9.17) is 0 Å². The molecular formula is C16H28. The number of hydrogen-bond donors (Lipinski definition) is 0. The van der Waals surface area contributed by atoms with Crippen LogP contribution >= 0.6 is 0 Å². The fourth-order valence-electron chi connectivity index (χ4n) is 4.35. The largest absolute Gasteiger partial charge is 0.0859 e. The fraction of sp³-hybridized carbons (Fsp3) is 0.875. The first kappa shape index (κ1) is 12.2. The van der Waals surface area contributed by atoms with Crippen molar-refractivity contribution in [3.8, 4) is 0 Å². The second-order valence-corrected chi connectivity index (χ2v) is 6.43. The molecule has 5 unspecified atom stereocenters. The van der Waals surface area contributed by atoms with Crippen molar-refractivity contribution in [3.05, 3.63) is 11.6 Å². The van der Waals surface area contributed by atoms with Gasteiger partial charge in [-0.05, 0) is 55.3 Å². The minimum absolute atomic E-state index is 0.714. The summed E-state index contributed by atoms with van der Waals surface area (Å²) in [5, 5.41) is 0. The molecule has 0 heterocycles. The van der Waals surface area contributed by atoms with E-state index < -0.39 is 0 Å². The molecule has 0 radical (unpaired) electrons. The van der Waals surface area contributed by atoms with Crippen LogP contribution in [0.15, 0.2) is 11.6 Å². The van der Waals surface area contributed by atoms with Crippen LogP contribution in [-0.2, 0) is 0 Å². The Kier molecular flexibility index (Phi) is 3.20. The van der Waals surface area contributed by atoms with Crippen LogP contribution in [0.25, 0.3) is 0 Å². The number of rotatable bonds is 5. The highest BCUT2D eigenvalue weighted by Gasteiger charge is 2.66. The molecule has 2 saturated carbocycles. The van der Waals surface area contributed by atoms with Crippen LogP contribution in [0.1, 0.15) is 60.3 Å². The first-order valence-electron chi connectivity index (χ1n) is 7.21. The molecule has 0 aliphatic heterocycles. The lowest BCUT2D eigenvalue weighted by atomic mass is 9.94. The minimum Gasteiger partial charge on any atom is -0.0859 e. The molecule has 0 amide bonds. The number of allylic oxidation sites excluding steroid dienone is 2. The van der Waals surface area contributed by atoms with E-state index in [1.807, 2.05) is 0 Å². The van der Waals surface area contributed by atoms with E-state index in [1.54, 1.807) is 5.57 Å². The van der Waals surface area contributed by atoms with Crippen LogP contribution in [-0.4, -0.2) is 0 Å². The summed E-state index contributed by atoms with van der Waals surface area (Å²) in [7, 11) is 0. The predicted octanol–water partition coefficient (Wildman–Crippen LogP) is 5.05. The first-order valence-corrected chi connectivity index (χ1v) is 7.21. The van der Waals surface area contributed by atoms with Gasteiger partial charge in [-0.3, -0.25) is 0 Å². The van der Waals surface area contributed by atoms with Crippen molar-refractivity contribution < 1.29 is 0 Å². The SMILES string of the molecule is CCC=C(C)CC1CC1C1(C)C(C)C1CC. The Hall–Kier alpha value is -0.260. The molecule has 0 aromatic carbocycles. The average Bonchev–Trinajstić information content (AvgIpc) is 3.08. The zero-order valence-electron chi connectivity index (χ0n) is 11.7. The Bertz CT molecular complexity index is 288. The van der Waals surface area contributed by atoms with Crippen LogP contribution in [0, 0.1) is 29.1 Å². The van der Waals surface area contributed by atoms with E-state index in [-0.39, 0.29) is 0 Å². The van der Waals surface area contributed by atoms with Gasteiger partial charge in [0.2, 0.25) is 0 Å². The van der Waals surface area contributed by atoms with Gasteiger partial charge < -0.3 is 0 Å². The molecular weight excluding hydrogens is 192 g/mol. The highest BCUT2D eigenvalue weighted by atomic mass is 14.7. The molecule has 2 aliphatic carbocycles. The van der Waals surface area contributed by atoms with Gasteiger partial charge in [0.1, 0.15) is 0 Å². The van der Waals surface area contributed by atoms with Gasteiger partial charge in [0, 0.05) is 0 Å². The van der Waals surface area contributed by atoms with E-state index in [9.17, 15) is 0 Å². The molecule has 16 heavy (non-hydrogen) atoms. The number of hydrogen-bond acceptors (Lipinski definition) is 0. The third kappa shape index (κ3) is 1.85. The molecule has 0 N–H and O–H groups in total. The molecule has 0 spiro atoms. The summed E-state index contributed by atoms with van der Waals surface area (Å²) < 4.78 is 0. The maximum absolute atomic E-state index is 2.55. The van der Waals surface area contributed by atoms with E-state index in [2.05, 4.69) is 40.7 Å². The van der Waals surface area contributed by atoms with Gasteiger partial charge in [-0.25, -0.2) is 0 Å². The summed E-state index contributed by atoms with van der Waals surface area (Å²) >= 11 is 0. The van der Waals surface area contributed by atoms with Gasteiger partial charge in [0.25, 0.3) is 0 Å². The third-order valence-corrected chi connectivity index (χ3v) is 5.57. The van der Waals surface area contributed by atoms with E-state index in [0.717, 1.165) is 23.7 Å². The lowest BCUT2D eigenvalue weighted by Crippen LogP contribution is -2.04. The lowest BCUT2D eigenvalue weighted by molar-refractivity contribution is 0.387. The summed E-state index contributed by atoms with van der Waals surface area (Å²) in [4.78, 5) is 0. The molecule has 2 fully saturated rings. The molecule has 2 aliphatic rings. The van der Waals surface area contributed by atoms with Gasteiger partial charge in [0.15, 0.2) is 0 Å². The highest BCUT2D eigenvalue weighted by molar-refractivity contribution is 5.16. The Morgan fingerprint density at radius 1 is 1.38 bits per heavy atom. The van der Waals surface area contributed by atoms with Crippen molar-refractivity contribution in [2.24, 2.45) is 29.1 Å². The van der Waals surface area contributed by atoms with E-state index >= 15 is 0 Å². The van der Waals surface area contributed by atoms with Crippen LogP contribution in [0.3, 0.4) is 0 Å². The molecule has 0 saturated heterocycles. The Labute approximate surface area is 102 Å². The molecule has 92 valence electrons. The van der Waals surface area contributed by atoms with Crippen molar-refractivity contribution >= 4 is 0 Å². The highest BCUT2D eigenvalue weighted by Crippen LogP contribution is 2.72. The molecule has 2 rings (SSSR count). The minimum atomic E-state index is 0.714.